The number of pyridine rings is 1. The van der Waals surface area contributed by atoms with Crippen LogP contribution in [-0.4, -0.2) is 37.2 Å². The molecule has 0 spiro atoms. The van der Waals surface area contributed by atoms with Crippen LogP contribution in [-0.2, 0) is 11.3 Å². The summed E-state index contributed by atoms with van der Waals surface area (Å²) in [7, 11) is 1.54. The number of methoxy groups -OCH3 is 1. The summed E-state index contributed by atoms with van der Waals surface area (Å²) in [6, 6.07) is 10.4. The van der Waals surface area contributed by atoms with E-state index in [9.17, 15) is 9.59 Å². The summed E-state index contributed by atoms with van der Waals surface area (Å²) in [6.07, 6.45) is 1.27. The molecule has 0 aliphatic carbocycles. The molecule has 7 nitrogen and oxygen atoms in total. The van der Waals surface area contributed by atoms with E-state index in [-0.39, 0.29) is 12.0 Å². The molecule has 124 valence electrons. The van der Waals surface area contributed by atoms with E-state index in [0.717, 1.165) is 5.56 Å². The number of carbonyl (C=O) groups excluding carboxylic acids is 2. The van der Waals surface area contributed by atoms with E-state index in [1.54, 1.807) is 36.5 Å². The van der Waals surface area contributed by atoms with Gasteiger partial charge >= 0.3 is 6.09 Å². The topological polar surface area (TPSA) is 80.8 Å². The fraction of sp³-hybridized carbons (Fsp3) is 0.235. The third kappa shape index (κ3) is 3.29. The maximum atomic E-state index is 12.2. The second-order valence-corrected chi connectivity index (χ2v) is 5.17. The number of anilines is 1. The molecule has 0 saturated carbocycles. The molecule has 1 aromatic heterocycles. The standard InChI is InChI=1S/C17H17N3O4/c1-23-16-13(3-2-8-18-16)11-19-15(21)12-4-6-14(7-5-12)20-9-10-24-17(20)22/h2-8H,9-11H2,1H3,(H,19,21). The van der Waals surface area contributed by atoms with Crippen LogP contribution in [0, 0.1) is 0 Å². The van der Waals surface area contributed by atoms with Crippen LogP contribution in [0.25, 0.3) is 0 Å². The molecule has 1 aliphatic heterocycles. The van der Waals surface area contributed by atoms with Gasteiger partial charge in [0, 0.05) is 29.6 Å². The molecule has 7 heteroatoms. The van der Waals surface area contributed by atoms with Crippen LogP contribution in [0.3, 0.4) is 0 Å². The lowest BCUT2D eigenvalue weighted by Crippen LogP contribution is -2.24. The number of carbonyl (C=O) groups is 2. The first-order valence-electron chi connectivity index (χ1n) is 7.49. The monoisotopic (exact) mass is 327 g/mol. The van der Waals surface area contributed by atoms with Gasteiger partial charge in [0.05, 0.1) is 13.7 Å². The van der Waals surface area contributed by atoms with Gasteiger partial charge in [0.2, 0.25) is 5.88 Å². The molecule has 2 aromatic rings. The van der Waals surface area contributed by atoms with Crippen molar-refractivity contribution in [1.29, 1.82) is 0 Å². The largest absolute Gasteiger partial charge is 0.481 e. The first-order valence-corrected chi connectivity index (χ1v) is 7.49. The average Bonchev–Trinajstić information content (AvgIpc) is 3.06. The number of benzene rings is 1. The number of cyclic esters (lactones) is 1. The Morgan fingerprint density at radius 3 is 2.79 bits per heavy atom. The van der Waals surface area contributed by atoms with Crippen LogP contribution in [0.15, 0.2) is 42.6 Å². The third-order valence-corrected chi connectivity index (χ3v) is 3.68. The molecule has 0 bridgehead atoms. The zero-order chi connectivity index (χ0) is 16.9. The molecule has 1 aromatic carbocycles. The highest BCUT2D eigenvalue weighted by Gasteiger charge is 2.23. The lowest BCUT2D eigenvalue weighted by atomic mass is 10.1. The summed E-state index contributed by atoms with van der Waals surface area (Å²) < 4.78 is 10.1. The molecule has 0 atom stereocenters. The molecule has 24 heavy (non-hydrogen) atoms. The number of aromatic nitrogens is 1. The Balaban J connectivity index is 1.64. The second kappa shape index (κ2) is 6.99. The zero-order valence-corrected chi connectivity index (χ0v) is 13.2. The third-order valence-electron chi connectivity index (χ3n) is 3.68. The van der Waals surface area contributed by atoms with Crippen LogP contribution in [0.2, 0.25) is 0 Å². The van der Waals surface area contributed by atoms with Crippen molar-refractivity contribution in [2.45, 2.75) is 6.54 Å². The highest BCUT2D eigenvalue weighted by atomic mass is 16.6. The highest BCUT2D eigenvalue weighted by molar-refractivity contribution is 5.95. The Bertz CT molecular complexity index is 746. The van der Waals surface area contributed by atoms with E-state index in [1.807, 2.05) is 6.07 Å². The quantitative estimate of drug-likeness (QED) is 0.908. The fourth-order valence-electron chi connectivity index (χ4n) is 2.44. The molecule has 2 heterocycles. The number of amides is 2. The zero-order valence-electron chi connectivity index (χ0n) is 13.2. The van der Waals surface area contributed by atoms with Gasteiger partial charge in [-0.05, 0) is 30.3 Å². The lowest BCUT2D eigenvalue weighted by molar-refractivity contribution is 0.0950. The van der Waals surface area contributed by atoms with Gasteiger partial charge in [-0.25, -0.2) is 9.78 Å². The summed E-state index contributed by atoms with van der Waals surface area (Å²) in [6.45, 7) is 1.22. The Hall–Kier alpha value is -3.09. The molecule has 1 saturated heterocycles. The maximum Gasteiger partial charge on any atom is 0.414 e. The van der Waals surface area contributed by atoms with Crippen LogP contribution >= 0.6 is 0 Å². The number of hydrogen-bond donors (Lipinski definition) is 1. The predicted octanol–water partition coefficient (Wildman–Crippen LogP) is 1.98. The van der Waals surface area contributed by atoms with Gasteiger partial charge in [-0.1, -0.05) is 6.07 Å². The van der Waals surface area contributed by atoms with Crippen molar-refractivity contribution in [2.24, 2.45) is 0 Å². The minimum Gasteiger partial charge on any atom is -0.481 e. The minimum absolute atomic E-state index is 0.212. The second-order valence-electron chi connectivity index (χ2n) is 5.17. The van der Waals surface area contributed by atoms with Crippen LogP contribution in [0.5, 0.6) is 5.88 Å². The first kappa shape index (κ1) is 15.8. The summed E-state index contributed by atoms with van der Waals surface area (Å²) in [5.74, 6) is 0.275. The number of nitrogens with one attached hydrogen (secondary N) is 1. The van der Waals surface area contributed by atoms with Gasteiger partial charge in [0.15, 0.2) is 0 Å². The summed E-state index contributed by atoms with van der Waals surface area (Å²) in [5.41, 5.74) is 2.02. The lowest BCUT2D eigenvalue weighted by Gasteiger charge is -2.13. The number of ether oxygens (including phenoxy) is 2. The van der Waals surface area contributed by atoms with E-state index in [0.29, 0.717) is 36.8 Å². The van der Waals surface area contributed by atoms with E-state index in [4.69, 9.17) is 9.47 Å². The SMILES string of the molecule is COc1ncccc1CNC(=O)c1ccc(N2CCOC2=O)cc1. The van der Waals surface area contributed by atoms with Gasteiger partial charge in [-0.2, -0.15) is 0 Å². The molecular formula is C17H17N3O4. The Kier molecular flexibility index (Phi) is 4.60. The van der Waals surface area contributed by atoms with Crippen molar-refractivity contribution in [3.05, 3.63) is 53.7 Å². The first-order chi connectivity index (χ1) is 11.7. The minimum atomic E-state index is -0.365. The van der Waals surface area contributed by atoms with Crippen molar-refractivity contribution < 1.29 is 19.1 Å². The molecule has 1 fully saturated rings. The van der Waals surface area contributed by atoms with Crippen molar-refractivity contribution in [1.82, 2.24) is 10.3 Å². The van der Waals surface area contributed by atoms with Crippen LogP contribution in [0.1, 0.15) is 15.9 Å². The highest BCUT2D eigenvalue weighted by Crippen LogP contribution is 2.19. The van der Waals surface area contributed by atoms with E-state index < -0.39 is 0 Å². The van der Waals surface area contributed by atoms with Gasteiger partial charge in [0.1, 0.15) is 6.61 Å². The molecule has 3 rings (SSSR count). The molecule has 2 amide bonds. The summed E-state index contributed by atoms with van der Waals surface area (Å²) in [4.78, 5) is 29.4. The Labute approximate surface area is 139 Å². The van der Waals surface area contributed by atoms with Crippen molar-refractivity contribution in [3.63, 3.8) is 0 Å². The molecule has 0 radical (unpaired) electrons. The van der Waals surface area contributed by atoms with Crippen molar-refractivity contribution in [3.8, 4) is 5.88 Å². The Morgan fingerprint density at radius 2 is 2.12 bits per heavy atom. The summed E-state index contributed by atoms with van der Waals surface area (Å²) in [5, 5.41) is 2.82. The number of hydrogen-bond acceptors (Lipinski definition) is 5. The van der Waals surface area contributed by atoms with Crippen molar-refractivity contribution in [2.75, 3.05) is 25.2 Å². The van der Waals surface area contributed by atoms with Gasteiger partial charge in [-0.3, -0.25) is 9.69 Å². The van der Waals surface area contributed by atoms with Crippen LogP contribution in [0.4, 0.5) is 10.5 Å². The Morgan fingerprint density at radius 1 is 1.33 bits per heavy atom. The fourth-order valence-corrected chi connectivity index (χ4v) is 2.44. The van der Waals surface area contributed by atoms with Gasteiger partial charge in [-0.15, -0.1) is 0 Å². The van der Waals surface area contributed by atoms with Gasteiger partial charge < -0.3 is 14.8 Å². The average molecular weight is 327 g/mol. The normalized spacial score (nSPS) is 13.5. The smallest absolute Gasteiger partial charge is 0.414 e. The molecular weight excluding hydrogens is 310 g/mol. The number of nitrogens with zero attached hydrogens (tertiary/aromatic N) is 2. The molecule has 0 unspecified atom stereocenters. The van der Waals surface area contributed by atoms with Gasteiger partial charge in [0.25, 0.3) is 5.91 Å². The maximum absolute atomic E-state index is 12.2. The van der Waals surface area contributed by atoms with E-state index in [1.165, 1.54) is 12.0 Å². The van der Waals surface area contributed by atoms with Crippen molar-refractivity contribution >= 4 is 17.7 Å². The van der Waals surface area contributed by atoms with E-state index in [2.05, 4.69) is 10.3 Å². The molecule has 1 N–H and O–H groups in total. The van der Waals surface area contributed by atoms with Crippen LogP contribution < -0.4 is 15.0 Å². The number of rotatable bonds is 5. The van der Waals surface area contributed by atoms with E-state index >= 15 is 0 Å². The predicted molar refractivity (Wildman–Crippen MR) is 87.1 cm³/mol. The summed E-state index contributed by atoms with van der Waals surface area (Å²) >= 11 is 0. The molecule has 1 aliphatic rings.